The minimum atomic E-state index is -0.805. The van der Waals surface area contributed by atoms with Crippen LogP contribution in [-0.4, -0.2) is 46.9 Å². The van der Waals surface area contributed by atoms with E-state index in [4.69, 9.17) is 4.74 Å². The molecule has 0 aliphatic rings. The number of carbonyl (C=O) groups excluding carboxylic acids is 2. The summed E-state index contributed by atoms with van der Waals surface area (Å²) < 4.78 is 5.87. The number of ether oxygens (including phenoxy) is 1. The summed E-state index contributed by atoms with van der Waals surface area (Å²) in [7, 11) is 0. The Morgan fingerprint density at radius 2 is 0.932 bits per heavy atom. The van der Waals surface area contributed by atoms with Gasteiger partial charge in [0.1, 0.15) is 6.10 Å². The first-order valence-corrected chi connectivity index (χ1v) is 24.7. The molecule has 0 radical (unpaired) electrons. The van der Waals surface area contributed by atoms with E-state index >= 15 is 0 Å². The molecule has 6 nitrogen and oxygen atoms in total. The zero-order valence-corrected chi connectivity index (χ0v) is 38.6. The van der Waals surface area contributed by atoms with Crippen LogP contribution in [0, 0.1) is 0 Å². The molecule has 0 saturated heterocycles. The number of aliphatic hydroxyl groups is 2. The fourth-order valence-corrected chi connectivity index (χ4v) is 7.05. The van der Waals surface area contributed by atoms with Gasteiger partial charge in [0.05, 0.1) is 25.2 Å². The fourth-order valence-electron chi connectivity index (χ4n) is 7.05. The summed E-state index contributed by atoms with van der Waals surface area (Å²) >= 11 is 0. The Bertz CT molecular complexity index is 1110. The molecule has 0 aliphatic heterocycles. The first kappa shape index (κ1) is 56.3. The normalized spacial score (nSPS) is 13.9. The van der Waals surface area contributed by atoms with Crippen LogP contribution in [0.3, 0.4) is 0 Å². The number of rotatable bonds is 43. The average molecular weight is 824 g/mol. The lowest BCUT2D eigenvalue weighted by atomic mass is 10.0. The van der Waals surface area contributed by atoms with Crippen LogP contribution in [0.1, 0.15) is 226 Å². The monoisotopic (exact) mass is 824 g/mol. The third-order valence-electron chi connectivity index (χ3n) is 10.8. The number of aliphatic hydroxyl groups excluding tert-OH is 2. The lowest BCUT2D eigenvalue weighted by Gasteiger charge is -2.24. The zero-order chi connectivity index (χ0) is 43.1. The maximum absolute atomic E-state index is 13.1. The van der Waals surface area contributed by atoms with E-state index in [1.807, 2.05) is 0 Å². The van der Waals surface area contributed by atoms with Crippen molar-refractivity contribution in [1.82, 2.24) is 5.32 Å². The van der Waals surface area contributed by atoms with Gasteiger partial charge in [0.2, 0.25) is 5.91 Å². The van der Waals surface area contributed by atoms with Gasteiger partial charge in [-0.25, -0.2) is 0 Å². The molecule has 6 heteroatoms. The summed E-state index contributed by atoms with van der Waals surface area (Å²) in [6.07, 6.45) is 58.2. The van der Waals surface area contributed by atoms with Gasteiger partial charge in [0.25, 0.3) is 0 Å². The van der Waals surface area contributed by atoms with Crippen molar-refractivity contribution in [2.75, 3.05) is 6.61 Å². The van der Waals surface area contributed by atoms with Crippen LogP contribution in [0.2, 0.25) is 0 Å². The van der Waals surface area contributed by atoms with Crippen LogP contribution in [0.4, 0.5) is 0 Å². The van der Waals surface area contributed by atoms with Crippen LogP contribution in [0.25, 0.3) is 0 Å². The first-order valence-electron chi connectivity index (χ1n) is 24.7. The highest BCUT2D eigenvalue weighted by Crippen LogP contribution is 2.16. The third-order valence-corrected chi connectivity index (χ3v) is 10.8. The van der Waals surface area contributed by atoms with Crippen LogP contribution in [-0.2, 0) is 14.3 Å². The molecule has 1 amide bonds. The molecule has 0 aromatic heterocycles. The minimum absolute atomic E-state index is 0.0316. The van der Waals surface area contributed by atoms with Crippen LogP contribution in [0.15, 0.2) is 72.9 Å². The molecule has 340 valence electrons. The first-order chi connectivity index (χ1) is 29.0. The van der Waals surface area contributed by atoms with Gasteiger partial charge in [-0.3, -0.25) is 9.59 Å². The number of esters is 1. The van der Waals surface area contributed by atoms with E-state index in [1.165, 1.54) is 96.3 Å². The van der Waals surface area contributed by atoms with Crippen molar-refractivity contribution < 1.29 is 24.5 Å². The summed E-state index contributed by atoms with van der Waals surface area (Å²) in [4.78, 5) is 26.0. The number of nitrogens with one attached hydrogen (secondary N) is 1. The topological polar surface area (TPSA) is 95.9 Å². The minimum Gasteiger partial charge on any atom is -0.462 e. The molecule has 0 bridgehead atoms. The van der Waals surface area contributed by atoms with Crippen molar-refractivity contribution in [3.63, 3.8) is 0 Å². The molecule has 0 aliphatic carbocycles. The second-order valence-electron chi connectivity index (χ2n) is 16.5. The Kier molecular flexibility index (Phi) is 44.2. The standard InChI is InChI=1S/C53H93NO5/c1-4-7-10-13-16-19-22-24-25-26-27-28-31-34-37-40-43-46-53(58)59-49(44-41-38-35-32-29-21-18-15-12-9-6-3)47-52(57)54-50(48-55)51(56)45-42-39-36-33-30-23-20-17-14-11-8-5-2/h7,10,16,19,24-25,27-28,32,34-35,37,49-51,55-56H,4-6,8-9,11-15,17-18,20-23,26,29-31,33,36,38-48H2,1-3H3,(H,54,57)/b10-7-,19-16-,25-24-,28-27-,35-32-,37-34-. The molecule has 3 N–H and O–H groups in total. The summed E-state index contributed by atoms with van der Waals surface area (Å²) in [5.74, 6) is -0.576. The highest BCUT2D eigenvalue weighted by Gasteiger charge is 2.24. The van der Waals surface area contributed by atoms with E-state index in [2.05, 4.69) is 99.0 Å². The maximum Gasteiger partial charge on any atom is 0.306 e. The molecule has 0 aromatic carbocycles. The van der Waals surface area contributed by atoms with E-state index in [-0.39, 0.29) is 24.9 Å². The van der Waals surface area contributed by atoms with Crippen LogP contribution < -0.4 is 5.32 Å². The Morgan fingerprint density at radius 3 is 1.44 bits per heavy atom. The van der Waals surface area contributed by atoms with E-state index in [1.54, 1.807) is 0 Å². The Hall–Kier alpha value is -2.70. The third kappa shape index (κ3) is 41.8. The maximum atomic E-state index is 13.1. The van der Waals surface area contributed by atoms with Gasteiger partial charge in [-0.05, 0) is 83.5 Å². The van der Waals surface area contributed by atoms with Gasteiger partial charge < -0.3 is 20.3 Å². The van der Waals surface area contributed by atoms with Gasteiger partial charge in [-0.2, -0.15) is 0 Å². The second-order valence-corrected chi connectivity index (χ2v) is 16.5. The number of hydrogen-bond donors (Lipinski definition) is 3. The summed E-state index contributed by atoms with van der Waals surface area (Å²) in [6, 6.07) is -0.722. The van der Waals surface area contributed by atoms with Crippen molar-refractivity contribution in [1.29, 1.82) is 0 Å². The number of unbranched alkanes of at least 4 members (excludes halogenated alkanes) is 19. The molecule has 0 heterocycles. The van der Waals surface area contributed by atoms with Gasteiger partial charge in [0.15, 0.2) is 0 Å². The quantitative estimate of drug-likeness (QED) is 0.0323. The highest BCUT2D eigenvalue weighted by atomic mass is 16.5. The number of allylic oxidation sites excluding steroid dienone is 12. The summed E-state index contributed by atoms with van der Waals surface area (Å²) in [5.41, 5.74) is 0. The molecule has 0 rings (SSSR count). The molecule has 0 fully saturated rings. The van der Waals surface area contributed by atoms with Crippen molar-refractivity contribution >= 4 is 11.9 Å². The molecule has 3 atom stereocenters. The molecule has 0 aromatic rings. The van der Waals surface area contributed by atoms with Gasteiger partial charge >= 0.3 is 5.97 Å². The van der Waals surface area contributed by atoms with E-state index < -0.39 is 18.2 Å². The predicted octanol–water partition coefficient (Wildman–Crippen LogP) is 14.6. The Morgan fingerprint density at radius 1 is 0.508 bits per heavy atom. The van der Waals surface area contributed by atoms with Gasteiger partial charge in [0, 0.05) is 6.42 Å². The van der Waals surface area contributed by atoms with Crippen molar-refractivity contribution in [3.05, 3.63) is 72.9 Å². The Labute approximate surface area is 364 Å². The van der Waals surface area contributed by atoms with Gasteiger partial charge in [-0.1, -0.05) is 203 Å². The number of hydrogen-bond acceptors (Lipinski definition) is 5. The molecule has 0 saturated carbocycles. The van der Waals surface area contributed by atoms with Crippen molar-refractivity contribution in [3.8, 4) is 0 Å². The second kappa shape index (κ2) is 46.4. The molecule has 3 unspecified atom stereocenters. The zero-order valence-electron chi connectivity index (χ0n) is 38.6. The lowest BCUT2D eigenvalue weighted by molar-refractivity contribution is -0.151. The van der Waals surface area contributed by atoms with E-state index in [0.717, 1.165) is 77.0 Å². The van der Waals surface area contributed by atoms with Crippen molar-refractivity contribution in [2.45, 2.75) is 244 Å². The molecular formula is C53H93NO5. The predicted molar refractivity (Wildman–Crippen MR) is 255 cm³/mol. The van der Waals surface area contributed by atoms with E-state index in [0.29, 0.717) is 25.7 Å². The number of amides is 1. The number of carbonyl (C=O) groups is 2. The largest absolute Gasteiger partial charge is 0.462 e. The fraction of sp³-hybridized carbons (Fsp3) is 0.736. The average Bonchev–Trinajstić information content (AvgIpc) is 3.23. The van der Waals surface area contributed by atoms with Crippen LogP contribution in [0.5, 0.6) is 0 Å². The highest BCUT2D eigenvalue weighted by molar-refractivity contribution is 5.77. The molecule has 0 spiro atoms. The summed E-state index contributed by atoms with van der Waals surface area (Å²) in [6.45, 7) is 6.32. The molecular weight excluding hydrogens is 731 g/mol. The molecule has 59 heavy (non-hydrogen) atoms. The van der Waals surface area contributed by atoms with E-state index in [9.17, 15) is 19.8 Å². The lowest BCUT2D eigenvalue weighted by Crippen LogP contribution is -2.46. The van der Waals surface area contributed by atoms with Crippen molar-refractivity contribution in [2.24, 2.45) is 0 Å². The Balaban J connectivity index is 4.68. The smallest absolute Gasteiger partial charge is 0.306 e. The van der Waals surface area contributed by atoms with Gasteiger partial charge in [-0.15, -0.1) is 0 Å². The van der Waals surface area contributed by atoms with Crippen LogP contribution >= 0.6 is 0 Å². The SMILES string of the molecule is CC/C=C\C/C=C\C/C=C\C/C=C\C/C=C\CCCC(=O)OC(CCC/C=C\CCCCCCCC)CC(=O)NC(CO)C(O)CCCCCCCCCCCCCC. The summed E-state index contributed by atoms with van der Waals surface area (Å²) in [5, 5.41) is 23.7.